The molecule has 3 rings (SSSR count). The first-order chi connectivity index (χ1) is 11.5. The zero-order valence-corrected chi connectivity index (χ0v) is 13.3. The zero-order valence-electron chi connectivity index (χ0n) is 13.3. The average Bonchev–Trinajstić information content (AvgIpc) is 2.53. The maximum Gasteiger partial charge on any atom is 0.257 e. The Labute approximate surface area is 138 Å². The number of nitrogens with zero attached hydrogens (tertiary/aromatic N) is 2. The second kappa shape index (κ2) is 6.45. The highest BCUT2D eigenvalue weighted by Crippen LogP contribution is 2.19. The summed E-state index contributed by atoms with van der Waals surface area (Å²) in [5.74, 6) is -0.425. The molecule has 2 aromatic heterocycles. The lowest BCUT2D eigenvalue weighted by molar-refractivity contribution is -0.114. The minimum Gasteiger partial charge on any atom is -0.326 e. The minimum absolute atomic E-state index is 0.166. The van der Waals surface area contributed by atoms with Crippen molar-refractivity contribution in [2.45, 2.75) is 13.8 Å². The molecule has 0 saturated carbocycles. The van der Waals surface area contributed by atoms with Gasteiger partial charge in [-0.15, -0.1) is 0 Å². The number of fused-ring (bicyclic) bond motifs is 1. The van der Waals surface area contributed by atoms with Crippen LogP contribution in [0.1, 0.15) is 23.0 Å². The average molecular weight is 320 g/mol. The first kappa shape index (κ1) is 15.6. The van der Waals surface area contributed by atoms with Gasteiger partial charge in [0.05, 0.1) is 16.8 Å². The van der Waals surface area contributed by atoms with E-state index in [2.05, 4.69) is 20.6 Å². The highest BCUT2D eigenvalue weighted by atomic mass is 16.2. The highest BCUT2D eigenvalue weighted by molar-refractivity contribution is 6.07. The quantitative estimate of drug-likeness (QED) is 0.776. The van der Waals surface area contributed by atoms with Gasteiger partial charge in [-0.1, -0.05) is 6.07 Å². The molecule has 0 aliphatic heterocycles. The van der Waals surface area contributed by atoms with Crippen molar-refractivity contribution in [3.63, 3.8) is 0 Å². The molecule has 0 bridgehead atoms. The molecule has 24 heavy (non-hydrogen) atoms. The molecule has 0 radical (unpaired) electrons. The molecule has 0 spiro atoms. The van der Waals surface area contributed by atoms with Crippen molar-refractivity contribution in [3.05, 3.63) is 60.0 Å². The molecule has 0 atom stereocenters. The van der Waals surface area contributed by atoms with Crippen LogP contribution in [0.3, 0.4) is 0 Å². The molecule has 0 fully saturated rings. The van der Waals surface area contributed by atoms with E-state index >= 15 is 0 Å². The smallest absolute Gasteiger partial charge is 0.257 e. The number of carbonyl (C=O) groups is 2. The number of aromatic nitrogens is 2. The van der Waals surface area contributed by atoms with Crippen LogP contribution in [-0.2, 0) is 4.79 Å². The Bertz CT molecular complexity index is 937. The molecule has 120 valence electrons. The maximum atomic E-state index is 12.6. The number of carbonyl (C=O) groups excluding carboxylic acids is 2. The number of hydrogen-bond donors (Lipinski definition) is 2. The van der Waals surface area contributed by atoms with Crippen molar-refractivity contribution in [2.24, 2.45) is 0 Å². The standard InChI is InChI=1S/C18H16N4O2/c1-11-16(8-13-10-19-7-6-17(13)20-11)18(24)22-15-5-3-4-14(9-15)21-12(2)23/h3-10H,1-2H3,(H,21,23)(H,22,24). The Morgan fingerprint density at radius 3 is 2.54 bits per heavy atom. The van der Waals surface area contributed by atoms with E-state index in [1.54, 1.807) is 55.7 Å². The van der Waals surface area contributed by atoms with Crippen LogP contribution in [0, 0.1) is 6.92 Å². The summed E-state index contributed by atoms with van der Waals surface area (Å²) in [7, 11) is 0. The largest absolute Gasteiger partial charge is 0.326 e. The number of benzene rings is 1. The molecule has 0 unspecified atom stereocenters. The number of amides is 2. The summed E-state index contributed by atoms with van der Waals surface area (Å²) >= 11 is 0. The number of rotatable bonds is 3. The number of anilines is 2. The lowest BCUT2D eigenvalue weighted by Crippen LogP contribution is -2.14. The Morgan fingerprint density at radius 2 is 1.79 bits per heavy atom. The van der Waals surface area contributed by atoms with Gasteiger partial charge >= 0.3 is 0 Å². The van der Waals surface area contributed by atoms with Gasteiger partial charge in [0.2, 0.25) is 5.91 Å². The molecule has 2 amide bonds. The molecule has 0 aliphatic carbocycles. The Hall–Kier alpha value is -3.28. The SMILES string of the molecule is CC(=O)Nc1cccc(NC(=O)c2cc3cnccc3nc2C)c1. The Balaban J connectivity index is 1.87. The van der Waals surface area contributed by atoms with Gasteiger partial charge in [-0.2, -0.15) is 0 Å². The molecule has 3 aromatic rings. The van der Waals surface area contributed by atoms with Crippen LogP contribution in [0.4, 0.5) is 11.4 Å². The van der Waals surface area contributed by atoms with Gasteiger partial charge in [0, 0.05) is 36.1 Å². The monoisotopic (exact) mass is 320 g/mol. The number of aryl methyl sites for hydroxylation is 1. The van der Waals surface area contributed by atoms with Gasteiger partial charge < -0.3 is 10.6 Å². The van der Waals surface area contributed by atoms with Crippen LogP contribution in [0.25, 0.3) is 10.9 Å². The summed E-state index contributed by atoms with van der Waals surface area (Å²) in [5.41, 5.74) is 3.14. The van der Waals surface area contributed by atoms with Gasteiger partial charge in [0.25, 0.3) is 5.91 Å². The molecule has 2 heterocycles. The van der Waals surface area contributed by atoms with Crippen LogP contribution < -0.4 is 10.6 Å². The molecule has 6 nitrogen and oxygen atoms in total. The fourth-order valence-corrected chi connectivity index (χ4v) is 2.42. The molecule has 0 saturated heterocycles. The third-order valence-corrected chi connectivity index (χ3v) is 3.49. The third kappa shape index (κ3) is 3.38. The van der Waals surface area contributed by atoms with Gasteiger partial charge in [-0.05, 0) is 37.3 Å². The number of hydrogen-bond acceptors (Lipinski definition) is 4. The molecule has 0 aliphatic rings. The number of nitrogens with one attached hydrogen (secondary N) is 2. The highest BCUT2D eigenvalue weighted by Gasteiger charge is 2.12. The van der Waals surface area contributed by atoms with Crippen molar-refractivity contribution >= 4 is 34.1 Å². The second-order valence-corrected chi connectivity index (χ2v) is 5.41. The van der Waals surface area contributed by atoms with Crippen LogP contribution in [0.5, 0.6) is 0 Å². The van der Waals surface area contributed by atoms with Gasteiger partial charge in [0.15, 0.2) is 0 Å². The lowest BCUT2D eigenvalue weighted by Gasteiger charge is -2.10. The van der Waals surface area contributed by atoms with E-state index in [9.17, 15) is 9.59 Å². The minimum atomic E-state index is -0.259. The van der Waals surface area contributed by atoms with E-state index in [-0.39, 0.29) is 11.8 Å². The Morgan fingerprint density at radius 1 is 1.04 bits per heavy atom. The fraction of sp³-hybridized carbons (Fsp3) is 0.111. The van der Waals surface area contributed by atoms with Crippen LogP contribution in [0.15, 0.2) is 48.8 Å². The van der Waals surface area contributed by atoms with Gasteiger partial charge in [-0.25, -0.2) is 0 Å². The van der Waals surface area contributed by atoms with Crippen LogP contribution in [-0.4, -0.2) is 21.8 Å². The molecule has 2 N–H and O–H groups in total. The van der Waals surface area contributed by atoms with Crippen LogP contribution in [0.2, 0.25) is 0 Å². The van der Waals surface area contributed by atoms with Crippen molar-refractivity contribution in [1.82, 2.24) is 9.97 Å². The summed E-state index contributed by atoms with van der Waals surface area (Å²) < 4.78 is 0. The molecular weight excluding hydrogens is 304 g/mol. The van der Waals surface area contributed by atoms with E-state index < -0.39 is 0 Å². The van der Waals surface area contributed by atoms with Gasteiger partial charge in [-0.3, -0.25) is 19.6 Å². The lowest BCUT2D eigenvalue weighted by atomic mass is 10.1. The van der Waals surface area contributed by atoms with E-state index in [1.165, 1.54) is 6.92 Å². The van der Waals surface area contributed by atoms with E-state index in [0.29, 0.717) is 22.6 Å². The Kier molecular flexibility index (Phi) is 4.20. The summed E-state index contributed by atoms with van der Waals surface area (Å²) in [6.07, 6.45) is 3.35. The zero-order chi connectivity index (χ0) is 17.1. The normalized spacial score (nSPS) is 10.4. The van der Waals surface area contributed by atoms with Crippen LogP contribution >= 0.6 is 0 Å². The molecular formula is C18H16N4O2. The summed E-state index contributed by atoms with van der Waals surface area (Å²) in [6.45, 7) is 3.23. The topological polar surface area (TPSA) is 84.0 Å². The summed E-state index contributed by atoms with van der Waals surface area (Å²) in [5, 5.41) is 6.32. The summed E-state index contributed by atoms with van der Waals surface area (Å²) in [4.78, 5) is 32.2. The maximum absolute atomic E-state index is 12.6. The van der Waals surface area contributed by atoms with E-state index in [1.807, 2.05) is 0 Å². The van der Waals surface area contributed by atoms with Crippen molar-refractivity contribution in [3.8, 4) is 0 Å². The van der Waals surface area contributed by atoms with E-state index in [0.717, 1.165) is 10.9 Å². The van der Waals surface area contributed by atoms with Crippen molar-refractivity contribution in [1.29, 1.82) is 0 Å². The van der Waals surface area contributed by atoms with Crippen molar-refractivity contribution in [2.75, 3.05) is 10.6 Å². The molecule has 6 heteroatoms. The van der Waals surface area contributed by atoms with E-state index in [4.69, 9.17) is 0 Å². The van der Waals surface area contributed by atoms with Gasteiger partial charge in [0.1, 0.15) is 0 Å². The predicted molar refractivity (Wildman–Crippen MR) is 93.0 cm³/mol. The first-order valence-electron chi connectivity index (χ1n) is 7.43. The first-order valence-corrected chi connectivity index (χ1v) is 7.43. The number of pyridine rings is 2. The second-order valence-electron chi connectivity index (χ2n) is 5.41. The molecule has 1 aromatic carbocycles. The fourth-order valence-electron chi connectivity index (χ4n) is 2.42. The van der Waals surface area contributed by atoms with Crippen molar-refractivity contribution < 1.29 is 9.59 Å². The summed E-state index contributed by atoms with van der Waals surface area (Å²) in [6, 6.07) is 10.6. The third-order valence-electron chi connectivity index (χ3n) is 3.49. The predicted octanol–water partition coefficient (Wildman–Crippen LogP) is 3.15.